The molecule has 5 nitrogen and oxygen atoms in total. The van der Waals surface area contributed by atoms with E-state index >= 15 is 0 Å². The molecule has 1 amide bonds. The number of carbonyl (C=O) groups excluding carboxylic acids is 1. The van der Waals surface area contributed by atoms with E-state index in [4.69, 9.17) is 9.26 Å². The van der Waals surface area contributed by atoms with Gasteiger partial charge < -0.3 is 14.6 Å². The van der Waals surface area contributed by atoms with Crippen LogP contribution in [0.3, 0.4) is 0 Å². The van der Waals surface area contributed by atoms with Gasteiger partial charge in [-0.05, 0) is 32.1 Å². The lowest BCUT2D eigenvalue weighted by Gasteiger charge is -2.21. The second kappa shape index (κ2) is 5.82. The van der Waals surface area contributed by atoms with E-state index in [0.717, 1.165) is 32.5 Å². The van der Waals surface area contributed by atoms with E-state index in [0.29, 0.717) is 23.9 Å². The van der Waals surface area contributed by atoms with Crippen molar-refractivity contribution in [3.63, 3.8) is 0 Å². The van der Waals surface area contributed by atoms with Gasteiger partial charge in [-0.1, -0.05) is 5.16 Å². The molecule has 1 aromatic heterocycles. The third-order valence-electron chi connectivity index (χ3n) is 3.02. The second-order valence-corrected chi connectivity index (χ2v) is 4.47. The molecular weight excluding hydrogens is 220 g/mol. The summed E-state index contributed by atoms with van der Waals surface area (Å²) in [6, 6.07) is 1.71. The smallest absolute Gasteiger partial charge is 0.225 e. The quantitative estimate of drug-likeness (QED) is 0.872. The molecule has 1 saturated heterocycles. The molecule has 2 rings (SSSR count). The molecule has 1 aliphatic heterocycles. The molecule has 0 aromatic carbocycles. The van der Waals surface area contributed by atoms with Crippen LogP contribution in [0, 0.1) is 12.8 Å². The zero-order valence-corrected chi connectivity index (χ0v) is 10.1. The molecular formula is C12H18N2O3. The van der Waals surface area contributed by atoms with Crippen LogP contribution in [0.15, 0.2) is 10.6 Å². The number of hydrogen-bond donors (Lipinski definition) is 1. The number of rotatable bonds is 4. The predicted octanol–water partition coefficient (Wildman–Crippen LogP) is 2.13. The largest absolute Gasteiger partial charge is 0.381 e. The molecule has 0 saturated carbocycles. The Morgan fingerprint density at radius 3 is 2.94 bits per heavy atom. The molecule has 0 atom stereocenters. The van der Waals surface area contributed by atoms with Crippen molar-refractivity contribution < 1.29 is 14.1 Å². The number of nitrogens with one attached hydrogen (secondary N) is 1. The lowest BCUT2D eigenvalue weighted by molar-refractivity contribution is -0.116. The van der Waals surface area contributed by atoms with Crippen LogP contribution < -0.4 is 5.32 Å². The standard InChI is InChI=1S/C12H18N2O3/c1-9-8-11(14-17-9)13-12(15)3-2-10-4-6-16-7-5-10/h8,10H,2-7H2,1H3,(H,13,14,15). The normalized spacial score (nSPS) is 17.0. The topological polar surface area (TPSA) is 64.4 Å². The van der Waals surface area contributed by atoms with Crippen molar-refractivity contribution in [1.29, 1.82) is 0 Å². The first-order chi connectivity index (χ1) is 8.24. The van der Waals surface area contributed by atoms with Gasteiger partial charge in [-0.3, -0.25) is 4.79 Å². The minimum absolute atomic E-state index is 0.00444. The Morgan fingerprint density at radius 1 is 1.53 bits per heavy atom. The van der Waals surface area contributed by atoms with Crippen molar-refractivity contribution in [1.82, 2.24) is 5.16 Å². The Kier molecular flexibility index (Phi) is 4.14. The van der Waals surface area contributed by atoms with Gasteiger partial charge >= 0.3 is 0 Å². The molecule has 17 heavy (non-hydrogen) atoms. The van der Waals surface area contributed by atoms with E-state index in [9.17, 15) is 4.79 Å². The highest BCUT2D eigenvalue weighted by Crippen LogP contribution is 2.20. The van der Waals surface area contributed by atoms with Crippen molar-refractivity contribution in [2.45, 2.75) is 32.6 Å². The summed E-state index contributed by atoms with van der Waals surface area (Å²) in [7, 11) is 0. The van der Waals surface area contributed by atoms with Crippen LogP contribution in [-0.4, -0.2) is 24.3 Å². The average molecular weight is 238 g/mol. The molecule has 1 fully saturated rings. The van der Waals surface area contributed by atoms with Gasteiger partial charge in [0.05, 0.1) is 0 Å². The third-order valence-corrected chi connectivity index (χ3v) is 3.02. The molecule has 1 N–H and O–H groups in total. The molecule has 2 heterocycles. The Bertz CT molecular complexity index is 370. The van der Waals surface area contributed by atoms with Gasteiger partial charge in [0.2, 0.25) is 5.91 Å². The molecule has 1 aromatic rings. The lowest BCUT2D eigenvalue weighted by atomic mass is 9.95. The van der Waals surface area contributed by atoms with Gasteiger partial charge in [-0.15, -0.1) is 0 Å². The third kappa shape index (κ3) is 3.85. The minimum atomic E-state index is 0.00444. The molecule has 5 heteroatoms. The highest BCUT2D eigenvalue weighted by atomic mass is 16.5. The van der Waals surface area contributed by atoms with Gasteiger partial charge in [0.15, 0.2) is 5.82 Å². The maximum absolute atomic E-state index is 11.6. The van der Waals surface area contributed by atoms with Gasteiger partial charge in [-0.25, -0.2) is 0 Å². The van der Waals surface area contributed by atoms with Crippen LogP contribution in [0.4, 0.5) is 5.82 Å². The second-order valence-electron chi connectivity index (χ2n) is 4.47. The van der Waals surface area contributed by atoms with Crippen molar-refractivity contribution in [3.05, 3.63) is 11.8 Å². The number of anilines is 1. The summed E-state index contributed by atoms with van der Waals surface area (Å²) < 4.78 is 10.2. The fourth-order valence-electron chi connectivity index (χ4n) is 2.00. The van der Waals surface area contributed by atoms with E-state index in [1.807, 2.05) is 0 Å². The summed E-state index contributed by atoms with van der Waals surface area (Å²) in [6.07, 6.45) is 3.59. The van der Waals surface area contributed by atoms with Gasteiger partial charge in [0.25, 0.3) is 0 Å². The van der Waals surface area contributed by atoms with Crippen LogP contribution in [0.5, 0.6) is 0 Å². The summed E-state index contributed by atoms with van der Waals surface area (Å²) in [4.78, 5) is 11.6. The van der Waals surface area contributed by atoms with E-state index in [1.165, 1.54) is 0 Å². The molecule has 0 aliphatic carbocycles. The highest BCUT2D eigenvalue weighted by Gasteiger charge is 2.15. The summed E-state index contributed by atoms with van der Waals surface area (Å²) in [6.45, 7) is 3.45. The SMILES string of the molecule is Cc1cc(NC(=O)CCC2CCOCC2)no1. The van der Waals surface area contributed by atoms with E-state index in [-0.39, 0.29) is 5.91 Å². The number of ether oxygens (including phenoxy) is 1. The minimum Gasteiger partial charge on any atom is -0.381 e. The number of amides is 1. The van der Waals surface area contributed by atoms with Gasteiger partial charge in [-0.2, -0.15) is 0 Å². The van der Waals surface area contributed by atoms with Crippen molar-refractivity contribution in [2.24, 2.45) is 5.92 Å². The average Bonchev–Trinajstić information content (AvgIpc) is 2.73. The fourth-order valence-corrected chi connectivity index (χ4v) is 2.00. The van der Waals surface area contributed by atoms with E-state index < -0.39 is 0 Å². The molecule has 0 unspecified atom stereocenters. The molecule has 0 spiro atoms. The van der Waals surface area contributed by atoms with Crippen molar-refractivity contribution >= 4 is 11.7 Å². The van der Waals surface area contributed by atoms with Crippen LogP contribution in [0.1, 0.15) is 31.4 Å². The number of carbonyl (C=O) groups is 1. The molecule has 0 bridgehead atoms. The summed E-state index contributed by atoms with van der Waals surface area (Å²) in [5, 5.41) is 6.45. The first-order valence-corrected chi connectivity index (χ1v) is 6.05. The summed E-state index contributed by atoms with van der Waals surface area (Å²) >= 11 is 0. The Morgan fingerprint density at radius 2 is 2.29 bits per heavy atom. The number of aryl methyl sites for hydroxylation is 1. The van der Waals surface area contributed by atoms with E-state index in [2.05, 4.69) is 10.5 Å². The maximum Gasteiger partial charge on any atom is 0.225 e. The van der Waals surface area contributed by atoms with Gasteiger partial charge in [0, 0.05) is 25.7 Å². The monoisotopic (exact) mass is 238 g/mol. The van der Waals surface area contributed by atoms with Crippen LogP contribution in [0.2, 0.25) is 0 Å². The van der Waals surface area contributed by atoms with Crippen LogP contribution >= 0.6 is 0 Å². The zero-order chi connectivity index (χ0) is 12.1. The highest BCUT2D eigenvalue weighted by molar-refractivity contribution is 5.89. The number of nitrogens with zero attached hydrogens (tertiary/aromatic N) is 1. The Balaban J connectivity index is 1.70. The van der Waals surface area contributed by atoms with Crippen molar-refractivity contribution in [2.75, 3.05) is 18.5 Å². The Labute approximate surface area is 101 Å². The molecule has 0 radical (unpaired) electrons. The van der Waals surface area contributed by atoms with E-state index in [1.54, 1.807) is 13.0 Å². The zero-order valence-electron chi connectivity index (χ0n) is 10.1. The van der Waals surface area contributed by atoms with Crippen LogP contribution in [-0.2, 0) is 9.53 Å². The predicted molar refractivity (Wildman–Crippen MR) is 62.6 cm³/mol. The Hall–Kier alpha value is -1.36. The number of hydrogen-bond acceptors (Lipinski definition) is 4. The first kappa shape index (κ1) is 12.1. The fraction of sp³-hybridized carbons (Fsp3) is 0.667. The maximum atomic E-state index is 11.6. The molecule has 1 aliphatic rings. The summed E-state index contributed by atoms with van der Waals surface area (Å²) in [5.74, 6) is 1.82. The van der Waals surface area contributed by atoms with Crippen LogP contribution in [0.25, 0.3) is 0 Å². The van der Waals surface area contributed by atoms with Crippen molar-refractivity contribution in [3.8, 4) is 0 Å². The first-order valence-electron chi connectivity index (χ1n) is 6.05. The lowest BCUT2D eigenvalue weighted by Crippen LogP contribution is -2.18. The van der Waals surface area contributed by atoms with Gasteiger partial charge in [0.1, 0.15) is 5.76 Å². The summed E-state index contributed by atoms with van der Waals surface area (Å²) in [5.41, 5.74) is 0. The molecule has 94 valence electrons. The number of aromatic nitrogens is 1.